The van der Waals surface area contributed by atoms with E-state index in [9.17, 15) is 9.59 Å². The lowest BCUT2D eigenvalue weighted by Crippen LogP contribution is -2.47. The molecule has 0 aromatic carbocycles. The predicted octanol–water partition coefficient (Wildman–Crippen LogP) is 0.691. The van der Waals surface area contributed by atoms with Crippen LogP contribution in [0.1, 0.15) is 33.1 Å². The fraction of sp³-hybridized carbons (Fsp3) is 0.800. The Bertz CT molecular complexity index is 405. The second-order valence-electron chi connectivity index (χ2n) is 5.47. The van der Waals surface area contributed by atoms with Crippen LogP contribution in [0.2, 0.25) is 0 Å². The van der Waals surface area contributed by atoms with Crippen molar-refractivity contribution in [3.8, 4) is 6.07 Å². The fourth-order valence-electron chi connectivity index (χ4n) is 2.60. The summed E-state index contributed by atoms with van der Waals surface area (Å²) in [5.41, 5.74) is 0. The standard InChI is InChI=1S/C15H26N4O2/c1-4-14(20)19-10-6-9-18(11-12-19)13(2)15(21)17(3)8-5-7-16/h13H,4-6,8-12H2,1-3H3. The van der Waals surface area contributed by atoms with Gasteiger partial charge in [0, 0.05) is 46.2 Å². The lowest BCUT2D eigenvalue weighted by atomic mass is 10.2. The molecule has 1 rings (SSSR count). The van der Waals surface area contributed by atoms with E-state index in [-0.39, 0.29) is 17.9 Å². The van der Waals surface area contributed by atoms with Crippen LogP contribution < -0.4 is 0 Å². The minimum atomic E-state index is -0.203. The van der Waals surface area contributed by atoms with Crippen LogP contribution >= 0.6 is 0 Å². The van der Waals surface area contributed by atoms with Crippen molar-refractivity contribution in [1.82, 2.24) is 14.7 Å². The molecule has 0 aliphatic carbocycles. The van der Waals surface area contributed by atoms with E-state index >= 15 is 0 Å². The molecule has 1 aliphatic heterocycles. The minimum Gasteiger partial charge on any atom is -0.343 e. The first kappa shape index (κ1) is 17.4. The molecule has 1 saturated heterocycles. The number of nitriles is 1. The highest BCUT2D eigenvalue weighted by molar-refractivity contribution is 5.81. The van der Waals surface area contributed by atoms with Crippen LogP contribution in [-0.4, -0.2) is 72.3 Å². The van der Waals surface area contributed by atoms with Crippen LogP contribution in [0.3, 0.4) is 0 Å². The maximum Gasteiger partial charge on any atom is 0.239 e. The number of hydrogen-bond acceptors (Lipinski definition) is 4. The fourth-order valence-corrected chi connectivity index (χ4v) is 2.60. The van der Waals surface area contributed by atoms with Gasteiger partial charge >= 0.3 is 0 Å². The minimum absolute atomic E-state index is 0.0421. The Morgan fingerprint density at radius 1 is 1.29 bits per heavy atom. The van der Waals surface area contributed by atoms with E-state index in [1.807, 2.05) is 18.7 Å². The number of carbonyl (C=O) groups excluding carboxylic acids is 2. The molecule has 6 heteroatoms. The van der Waals surface area contributed by atoms with Crippen molar-refractivity contribution in [1.29, 1.82) is 5.26 Å². The molecule has 118 valence electrons. The lowest BCUT2D eigenvalue weighted by molar-refractivity contribution is -0.135. The quantitative estimate of drug-likeness (QED) is 0.748. The molecule has 0 radical (unpaired) electrons. The van der Waals surface area contributed by atoms with Gasteiger partial charge in [0.2, 0.25) is 11.8 Å². The summed E-state index contributed by atoms with van der Waals surface area (Å²) < 4.78 is 0. The summed E-state index contributed by atoms with van der Waals surface area (Å²) in [4.78, 5) is 29.7. The van der Waals surface area contributed by atoms with Gasteiger partial charge in [0.05, 0.1) is 18.5 Å². The highest BCUT2D eigenvalue weighted by Crippen LogP contribution is 2.10. The second-order valence-corrected chi connectivity index (χ2v) is 5.47. The first-order valence-electron chi connectivity index (χ1n) is 7.65. The highest BCUT2D eigenvalue weighted by Gasteiger charge is 2.26. The molecule has 0 bridgehead atoms. The van der Waals surface area contributed by atoms with Gasteiger partial charge in [-0.1, -0.05) is 6.92 Å². The third-order valence-electron chi connectivity index (χ3n) is 4.03. The van der Waals surface area contributed by atoms with Gasteiger partial charge < -0.3 is 9.80 Å². The van der Waals surface area contributed by atoms with Crippen LogP contribution in [0.25, 0.3) is 0 Å². The van der Waals surface area contributed by atoms with Gasteiger partial charge in [-0.25, -0.2) is 0 Å². The molecule has 1 atom stereocenters. The first-order chi connectivity index (χ1) is 10.0. The van der Waals surface area contributed by atoms with Crippen LogP contribution in [0.15, 0.2) is 0 Å². The normalized spacial score (nSPS) is 17.7. The van der Waals surface area contributed by atoms with E-state index in [1.165, 1.54) is 0 Å². The van der Waals surface area contributed by atoms with Crippen molar-refractivity contribution in [2.24, 2.45) is 0 Å². The Labute approximate surface area is 127 Å². The molecule has 1 unspecified atom stereocenters. The summed E-state index contributed by atoms with van der Waals surface area (Å²) in [5.74, 6) is 0.225. The van der Waals surface area contributed by atoms with Gasteiger partial charge in [-0.15, -0.1) is 0 Å². The van der Waals surface area contributed by atoms with Gasteiger partial charge in [0.1, 0.15) is 0 Å². The summed E-state index contributed by atoms with van der Waals surface area (Å²) in [6.45, 7) is 7.26. The summed E-state index contributed by atoms with van der Waals surface area (Å²) in [5, 5.41) is 8.59. The maximum absolute atomic E-state index is 12.3. The molecule has 0 aromatic rings. The maximum atomic E-state index is 12.3. The molecule has 1 fully saturated rings. The highest BCUT2D eigenvalue weighted by atomic mass is 16.2. The molecule has 1 heterocycles. The van der Waals surface area contributed by atoms with E-state index < -0.39 is 0 Å². The summed E-state index contributed by atoms with van der Waals surface area (Å²) in [6, 6.07) is 1.85. The summed E-state index contributed by atoms with van der Waals surface area (Å²) >= 11 is 0. The lowest BCUT2D eigenvalue weighted by Gasteiger charge is -2.30. The summed E-state index contributed by atoms with van der Waals surface area (Å²) in [6.07, 6.45) is 1.78. The Kier molecular flexibility index (Phi) is 7.17. The van der Waals surface area contributed by atoms with Gasteiger partial charge in [0.15, 0.2) is 0 Å². The van der Waals surface area contributed by atoms with E-state index in [0.29, 0.717) is 25.9 Å². The number of likely N-dealkylation sites (N-methyl/N-ethyl adjacent to an activating group) is 1. The van der Waals surface area contributed by atoms with Gasteiger partial charge in [-0.05, 0) is 13.3 Å². The summed E-state index contributed by atoms with van der Waals surface area (Å²) in [7, 11) is 1.74. The van der Waals surface area contributed by atoms with Crippen molar-refractivity contribution in [3.63, 3.8) is 0 Å². The SMILES string of the molecule is CCC(=O)N1CCCN(C(C)C(=O)N(C)CCC#N)CC1. The van der Waals surface area contributed by atoms with Crippen LogP contribution in [0.5, 0.6) is 0 Å². The van der Waals surface area contributed by atoms with Crippen molar-refractivity contribution in [2.45, 2.75) is 39.2 Å². The second kappa shape index (κ2) is 8.63. The number of hydrogen-bond donors (Lipinski definition) is 0. The van der Waals surface area contributed by atoms with Crippen LogP contribution in [0.4, 0.5) is 0 Å². The van der Waals surface area contributed by atoms with E-state index in [4.69, 9.17) is 5.26 Å². The molecular weight excluding hydrogens is 268 g/mol. The third-order valence-corrected chi connectivity index (χ3v) is 4.03. The van der Waals surface area contributed by atoms with Crippen molar-refractivity contribution < 1.29 is 9.59 Å². The van der Waals surface area contributed by atoms with Crippen LogP contribution in [0, 0.1) is 11.3 Å². The van der Waals surface area contributed by atoms with Crippen molar-refractivity contribution >= 4 is 11.8 Å². The van der Waals surface area contributed by atoms with Gasteiger partial charge in [0.25, 0.3) is 0 Å². The largest absolute Gasteiger partial charge is 0.343 e. The average Bonchev–Trinajstić information content (AvgIpc) is 2.76. The molecule has 0 saturated carbocycles. The molecule has 6 nitrogen and oxygen atoms in total. The zero-order chi connectivity index (χ0) is 15.8. The van der Waals surface area contributed by atoms with Crippen LogP contribution in [-0.2, 0) is 9.59 Å². The van der Waals surface area contributed by atoms with E-state index in [2.05, 4.69) is 11.0 Å². The monoisotopic (exact) mass is 294 g/mol. The Hall–Kier alpha value is -1.61. The molecule has 2 amide bonds. The molecule has 0 aromatic heterocycles. The predicted molar refractivity (Wildman–Crippen MR) is 80.4 cm³/mol. The van der Waals surface area contributed by atoms with Gasteiger partial charge in [-0.2, -0.15) is 5.26 Å². The smallest absolute Gasteiger partial charge is 0.239 e. The third kappa shape index (κ3) is 5.01. The molecular formula is C15H26N4O2. The zero-order valence-corrected chi connectivity index (χ0v) is 13.3. The van der Waals surface area contributed by atoms with E-state index in [1.54, 1.807) is 11.9 Å². The van der Waals surface area contributed by atoms with Crippen molar-refractivity contribution in [3.05, 3.63) is 0 Å². The van der Waals surface area contributed by atoms with E-state index in [0.717, 1.165) is 26.1 Å². The number of nitrogens with zero attached hydrogens (tertiary/aromatic N) is 4. The Morgan fingerprint density at radius 3 is 2.62 bits per heavy atom. The molecule has 0 N–H and O–H groups in total. The molecule has 0 spiro atoms. The first-order valence-corrected chi connectivity index (χ1v) is 7.65. The van der Waals surface area contributed by atoms with Crippen molar-refractivity contribution in [2.75, 3.05) is 39.8 Å². The zero-order valence-electron chi connectivity index (χ0n) is 13.3. The Balaban J connectivity index is 2.55. The average molecular weight is 294 g/mol. The van der Waals surface area contributed by atoms with Gasteiger partial charge in [-0.3, -0.25) is 14.5 Å². The number of amides is 2. The number of rotatable bonds is 5. The number of carbonyl (C=O) groups is 2. The molecule has 1 aliphatic rings. The topological polar surface area (TPSA) is 67.7 Å². The Morgan fingerprint density at radius 2 is 2.00 bits per heavy atom. The molecule has 21 heavy (non-hydrogen) atoms.